The van der Waals surface area contributed by atoms with Crippen LogP contribution in [0, 0.1) is 5.82 Å². The van der Waals surface area contributed by atoms with Crippen molar-refractivity contribution in [1.82, 2.24) is 14.9 Å². The molecule has 1 aliphatic rings. The van der Waals surface area contributed by atoms with E-state index in [1.807, 2.05) is 6.07 Å². The van der Waals surface area contributed by atoms with E-state index in [0.717, 1.165) is 31.3 Å². The Morgan fingerprint density at radius 1 is 1.19 bits per heavy atom. The molecule has 4 rings (SSSR count). The number of ether oxygens (including phenoxy) is 1. The molecule has 2 aromatic heterocycles. The van der Waals surface area contributed by atoms with Gasteiger partial charge in [-0.2, -0.15) is 0 Å². The van der Waals surface area contributed by atoms with E-state index >= 15 is 0 Å². The lowest BCUT2D eigenvalue weighted by Crippen LogP contribution is -2.36. The second-order valence-electron chi connectivity index (χ2n) is 6.68. The number of nitrogens with zero attached hydrogens (tertiary/aromatic N) is 2. The summed E-state index contributed by atoms with van der Waals surface area (Å²) in [5.41, 5.74) is 1.10. The van der Waals surface area contributed by atoms with Crippen LogP contribution in [0.15, 0.2) is 42.7 Å². The molecule has 1 saturated heterocycles. The van der Waals surface area contributed by atoms with Gasteiger partial charge in [-0.05, 0) is 50.2 Å². The molecule has 3 heterocycles. The summed E-state index contributed by atoms with van der Waals surface area (Å²) in [6.45, 7) is 2.21. The summed E-state index contributed by atoms with van der Waals surface area (Å²) in [7, 11) is 0. The largest absolute Gasteiger partial charge is 0.453 e. The van der Waals surface area contributed by atoms with Crippen molar-refractivity contribution >= 4 is 22.6 Å². The molecule has 1 amide bonds. The summed E-state index contributed by atoms with van der Waals surface area (Å²) in [6.07, 6.45) is 6.81. The first-order valence-electron chi connectivity index (χ1n) is 9.11. The van der Waals surface area contributed by atoms with Gasteiger partial charge in [-0.1, -0.05) is 6.42 Å². The van der Waals surface area contributed by atoms with Crippen molar-refractivity contribution in [2.45, 2.75) is 19.3 Å². The summed E-state index contributed by atoms with van der Waals surface area (Å²) in [5.74, 6) is -0.0563. The molecular formula is C20H21FN4O2. The summed E-state index contributed by atoms with van der Waals surface area (Å²) < 4.78 is 20.2. The van der Waals surface area contributed by atoms with E-state index in [1.54, 1.807) is 24.5 Å². The van der Waals surface area contributed by atoms with Gasteiger partial charge in [0.2, 0.25) is 5.91 Å². The smallest absolute Gasteiger partial charge is 0.238 e. The number of nitrogens with one attached hydrogen (secondary N) is 2. The average Bonchev–Trinajstić information content (AvgIpc) is 3.14. The fraction of sp³-hybridized carbons (Fsp3) is 0.300. The molecule has 140 valence electrons. The summed E-state index contributed by atoms with van der Waals surface area (Å²) in [5, 5.41) is 3.53. The van der Waals surface area contributed by atoms with Gasteiger partial charge < -0.3 is 15.0 Å². The molecular weight excluding hydrogens is 347 g/mol. The van der Waals surface area contributed by atoms with Crippen molar-refractivity contribution in [3.63, 3.8) is 0 Å². The zero-order chi connectivity index (χ0) is 18.6. The van der Waals surface area contributed by atoms with Gasteiger partial charge in [0.05, 0.1) is 11.9 Å². The number of anilines is 1. The normalized spacial score (nSPS) is 15.0. The predicted octanol–water partition coefficient (Wildman–Crippen LogP) is 3.92. The fourth-order valence-corrected chi connectivity index (χ4v) is 3.33. The Balaban J connectivity index is 1.43. The van der Waals surface area contributed by atoms with Crippen molar-refractivity contribution < 1.29 is 13.9 Å². The van der Waals surface area contributed by atoms with Gasteiger partial charge in [-0.15, -0.1) is 0 Å². The number of carbonyl (C=O) groups excluding carboxylic acids is 1. The number of carbonyl (C=O) groups is 1. The van der Waals surface area contributed by atoms with Gasteiger partial charge in [0.1, 0.15) is 11.4 Å². The highest BCUT2D eigenvalue weighted by molar-refractivity contribution is 5.92. The molecule has 0 atom stereocenters. The molecule has 0 bridgehead atoms. The van der Waals surface area contributed by atoms with Gasteiger partial charge in [-0.3, -0.25) is 9.69 Å². The molecule has 0 saturated carbocycles. The first-order valence-corrected chi connectivity index (χ1v) is 9.11. The lowest BCUT2D eigenvalue weighted by atomic mass is 10.1. The fourth-order valence-electron chi connectivity index (χ4n) is 3.33. The summed E-state index contributed by atoms with van der Waals surface area (Å²) >= 11 is 0. The van der Waals surface area contributed by atoms with E-state index in [1.165, 1.54) is 18.6 Å². The maximum atomic E-state index is 14.5. The molecule has 0 unspecified atom stereocenters. The van der Waals surface area contributed by atoms with Gasteiger partial charge in [0, 0.05) is 24.1 Å². The van der Waals surface area contributed by atoms with Crippen LogP contribution in [0.2, 0.25) is 0 Å². The molecule has 1 aliphatic heterocycles. The number of rotatable bonds is 5. The first-order chi connectivity index (χ1) is 13.2. The Bertz CT molecular complexity index is 950. The molecule has 3 aromatic rings. The predicted molar refractivity (Wildman–Crippen MR) is 101 cm³/mol. The van der Waals surface area contributed by atoms with Gasteiger partial charge >= 0.3 is 0 Å². The number of amides is 1. The highest BCUT2D eigenvalue weighted by Gasteiger charge is 2.15. The van der Waals surface area contributed by atoms with Crippen LogP contribution in [0.25, 0.3) is 11.0 Å². The molecule has 0 spiro atoms. The van der Waals surface area contributed by atoms with Crippen molar-refractivity contribution in [3.8, 4) is 11.5 Å². The molecule has 0 radical (unpaired) electrons. The molecule has 1 aromatic carbocycles. The maximum Gasteiger partial charge on any atom is 0.238 e. The van der Waals surface area contributed by atoms with Crippen LogP contribution in [-0.2, 0) is 4.79 Å². The van der Waals surface area contributed by atoms with E-state index in [-0.39, 0.29) is 11.7 Å². The monoisotopic (exact) mass is 368 g/mol. The van der Waals surface area contributed by atoms with E-state index in [2.05, 4.69) is 20.2 Å². The number of halogens is 1. The Labute approximate surface area is 156 Å². The van der Waals surface area contributed by atoms with Crippen molar-refractivity contribution in [1.29, 1.82) is 0 Å². The van der Waals surface area contributed by atoms with Crippen LogP contribution in [0.4, 0.5) is 10.1 Å². The molecule has 1 fully saturated rings. The van der Waals surface area contributed by atoms with Crippen molar-refractivity contribution in [2.75, 3.05) is 25.0 Å². The minimum Gasteiger partial charge on any atom is -0.453 e. The number of H-pyrrole nitrogens is 1. The average molecular weight is 368 g/mol. The second-order valence-corrected chi connectivity index (χ2v) is 6.68. The highest BCUT2D eigenvalue weighted by Crippen LogP contribution is 2.31. The lowest BCUT2D eigenvalue weighted by Gasteiger charge is -2.25. The third-order valence-corrected chi connectivity index (χ3v) is 4.67. The quantitative estimate of drug-likeness (QED) is 0.716. The maximum absolute atomic E-state index is 14.5. The number of hydrogen-bond acceptors (Lipinski definition) is 4. The van der Waals surface area contributed by atoms with Crippen LogP contribution in [0.1, 0.15) is 19.3 Å². The number of aromatic amines is 1. The van der Waals surface area contributed by atoms with Crippen LogP contribution >= 0.6 is 0 Å². The number of fused-ring (bicyclic) bond motifs is 1. The molecule has 2 N–H and O–H groups in total. The van der Waals surface area contributed by atoms with E-state index in [0.29, 0.717) is 23.6 Å². The van der Waals surface area contributed by atoms with Crippen LogP contribution < -0.4 is 10.1 Å². The van der Waals surface area contributed by atoms with Crippen LogP contribution in [0.3, 0.4) is 0 Å². The number of pyridine rings is 1. The Morgan fingerprint density at radius 3 is 2.85 bits per heavy atom. The van der Waals surface area contributed by atoms with Crippen molar-refractivity contribution in [2.24, 2.45) is 0 Å². The summed E-state index contributed by atoms with van der Waals surface area (Å²) in [4.78, 5) is 21.5. The second kappa shape index (κ2) is 7.75. The van der Waals surface area contributed by atoms with E-state index in [4.69, 9.17) is 4.74 Å². The number of piperidine rings is 1. The number of aromatic nitrogens is 2. The third kappa shape index (κ3) is 4.09. The van der Waals surface area contributed by atoms with Crippen LogP contribution in [0.5, 0.6) is 11.5 Å². The van der Waals surface area contributed by atoms with Gasteiger partial charge in [0.15, 0.2) is 11.6 Å². The van der Waals surface area contributed by atoms with E-state index < -0.39 is 5.82 Å². The minimum atomic E-state index is -0.536. The Kier molecular flexibility index (Phi) is 5.02. The topological polar surface area (TPSA) is 70.2 Å². The molecule has 27 heavy (non-hydrogen) atoms. The number of likely N-dealkylation sites (tertiary alicyclic amines) is 1. The molecule has 6 nitrogen and oxygen atoms in total. The van der Waals surface area contributed by atoms with E-state index in [9.17, 15) is 9.18 Å². The zero-order valence-corrected chi connectivity index (χ0v) is 14.9. The Morgan fingerprint density at radius 2 is 2.04 bits per heavy atom. The van der Waals surface area contributed by atoms with Gasteiger partial charge in [0.25, 0.3) is 0 Å². The number of hydrogen-bond donors (Lipinski definition) is 2. The van der Waals surface area contributed by atoms with Gasteiger partial charge in [-0.25, -0.2) is 9.37 Å². The van der Waals surface area contributed by atoms with Crippen LogP contribution in [-0.4, -0.2) is 40.4 Å². The standard InChI is InChI=1S/C20H21FN4O2/c21-16-12-14(24-19(26)13-25-10-2-1-3-11-25)4-5-18(16)27-17-7-9-23-20-15(17)6-8-22-20/h4-9,12H,1-3,10-11,13H2,(H,22,23)(H,24,26). The number of benzene rings is 1. The third-order valence-electron chi connectivity index (χ3n) is 4.67. The minimum absolute atomic E-state index is 0.0951. The molecule has 7 heteroatoms. The van der Waals surface area contributed by atoms with Crippen molar-refractivity contribution in [3.05, 3.63) is 48.5 Å². The zero-order valence-electron chi connectivity index (χ0n) is 14.9. The molecule has 0 aliphatic carbocycles. The Hall–Kier alpha value is -2.93. The lowest BCUT2D eigenvalue weighted by molar-refractivity contribution is -0.117. The SMILES string of the molecule is O=C(CN1CCCCC1)Nc1ccc(Oc2ccnc3[nH]ccc23)c(F)c1. The first kappa shape index (κ1) is 17.5. The summed E-state index contributed by atoms with van der Waals surface area (Å²) in [6, 6.07) is 7.94. The highest BCUT2D eigenvalue weighted by atomic mass is 19.1.